The van der Waals surface area contributed by atoms with Crippen LogP contribution in [0.15, 0.2) is 70.2 Å². The quantitative estimate of drug-likeness (QED) is 0.211. The second kappa shape index (κ2) is 13.5. The molecule has 0 aromatic heterocycles. The number of hydrogen-bond acceptors (Lipinski definition) is 5. The van der Waals surface area contributed by atoms with E-state index in [-0.39, 0.29) is 10.9 Å². The lowest BCUT2D eigenvalue weighted by Crippen LogP contribution is -2.48. The Hall–Kier alpha value is -3.07. The molecule has 0 aliphatic carbocycles. The molecule has 0 saturated heterocycles. The Balaban J connectivity index is 1.61. The molecule has 1 unspecified atom stereocenters. The van der Waals surface area contributed by atoms with E-state index < -0.39 is 17.9 Å². The predicted octanol–water partition coefficient (Wildman–Crippen LogP) is 6.25. The van der Waals surface area contributed by atoms with Crippen molar-refractivity contribution in [3.05, 3.63) is 91.9 Å². The number of nitrogens with zero attached hydrogens (tertiary/aromatic N) is 1. The highest BCUT2D eigenvalue weighted by Crippen LogP contribution is 2.28. The zero-order valence-corrected chi connectivity index (χ0v) is 23.5. The molecule has 0 fully saturated rings. The van der Waals surface area contributed by atoms with Crippen molar-refractivity contribution >= 4 is 57.2 Å². The molecule has 0 spiro atoms. The van der Waals surface area contributed by atoms with E-state index in [9.17, 15) is 9.59 Å². The van der Waals surface area contributed by atoms with Crippen LogP contribution in [0, 0.1) is 5.92 Å². The number of methoxy groups -OCH3 is 1. The second-order valence-electron chi connectivity index (χ2n) is 8.38. The van der Waals surface area contributed by atoms with Gasteiger partial charge in [-0.05, 0) is 65.6 Å². The summed E-state index contributed by atoms with van der Waals surface area (Å²) in [5, 5.41) is 7.35. The summed E-state index contributed by atoms with van der Waals surface area (Å²) in [5.74, 6) is 0.0166. The van der Waals surface area contributed by atoms with Gasteiger partial charge in [0.2, 0.25) is 0 Å². The van der Waals surface area contributed by atoms with Crippen LogP contribution >= 0.6 is 39.1 Å². The fraction of sp³-hybridized carbons (Fsp3) is 0.222. The summed E-state index contributed by atoms with van der Waals surface area (Å²) in [5.41, 5.74) is 4.49. The first-order chi connectivity index (χ1) is 17.7. The minimum absolute atomic E-state index is 0.191. The SMILES string of the molecule is COc1cc(C=NNC(=O)C(NC(=O)c2ccc(Cl)c(Cl)c2)C(C)C)ccc1OCc1ccc(Br)cc1. The average molecular weight is 607 g/mol. The summed E-state index contributed by atoms with van der Waals surface area (Å²) in [6, 6.07) is 16.9. The van der Waals surface area contributed by atoms with Gasteiger partial charge in [-0.15, -0.1) is 0 Å². The van der Waals surface area contributed by atoms with Crippen LogP contribution in [0.4, 0.5) is 0 Å². The Morgan fingerprint density at radius 3 is 2.38 bits per heavy atom. The van der Waals surface area contributed by atoms with Crippen molar-refractivity contribution in [1.29, 1.82) is 0 Å². The molecule has 3 rings (SSSR count). The van der Waals surface area contributed by atoms with Crippen molar-refractivity contribution in [2.24, 2.45) is 11.0 Å². The third-order valence-corrected chi connectivity index (χ3v) is 6.57. The third-order valence-electron chi connectivity index (χ3n) is 5.30. The zero-order chi connectivity index (χ0) is 26.9. The Kier molecular flexibility index (Phi) is 10.4. The zero-order valence-electron chi connectivity index (χ0n) is 20.4. The number of hydrazone groups is 1. The summed E-state index contributed by atoms with van der Waals surface area (Å²) < 4.78 is 12.3. The number of hydrogen-bond donors (Lipinski definition) is 2. The molecule has 10 heteroatoms. The highest BCUT2D eigenvalue weighted by Gasteiger charge is 2.24. The van der Waals surface area contributed by atoms with E-state index in [0.717, 1.165) is 10.0 Å². The molecule has 0 heterocycles. The number of halogens is 3. The van der Waals surface area contributed by atoms with Crippen LogP contribution in [0.25, 0.3) is 0 Å². The van der Waals surface area contributed by atoms with E-state index >= 15 is 0 Å². The number of benzene rings is 3. The topological polar surface area (TPSA) is 89.0 Å². The van der Waals surface area contributed by atoms with E-state index in [1.165, 1.54) is 24.4 Å². The number of nitrogens with one attached hydrogen (secondary N) is 2. The van der Waals surface area contributed by atoms with Gasteiger partial charge in [-0.1, -0.05) is 65.1 Å². The molecule has 194 valence electrons. The average Bonchev–Trinajstić information content (AvgIpc) is 2.88. The van der Waals surface area contributed by atoms with Crippen molar-refractivity contribution in [1.82, 2.24) is 10.7 Å². The summed E-state index contributed by atoms with van der Waals surface area (Å²) >= 11 is 15.3. The Morgan fingerprint density at radius 2 is 1.73 bits per heavy atom. The molecule has 0 aliphatic heterocycles. The molecule has 37 heavy (non-hydrogen) atoms. The van der Waals surface area contributed by atoms with Gasteiger partial charge in [0.05, 0.1) is 23.4 Å². The van der Waals surface area contributed by atoms with Gasteiger partial charge in [0.15, 0.2) is 11.5 Å². The van der Waals surface area contributed by atoms with Crippen molar-refractivity contribution in [2.45, 2.75) is 26.5 Å². The molecule has 0 aliphatic rings. The largest absolute Gasteiger partial charge is 0.493 e. The van der Waals surface area contributed by atoms with Crippen LogP contribution in [0.5, 0.6) is 11.5 Å². The first-order valence-corrected chi connectivity index (χ1v) is 12.9. The minimum Gasteiger partial charge on any atom is -0.493 e. The van der Waals surface area contributed by atoms with Crippen LogP contribution < -0.4 is 20.2 Å². The summed E-state index contributed by atoms with van der Waals surface area (Å²) in [4.78, 5) is 25.4. The molecule has 3 aromatic carbocycles. The monoisotopic (exact) mass is 605 g/mol. The van der Waals surface area contributed by atoms with Crippen LogP contribution in [0.3, 0.4) is 0 Å². The van der Waals surface area contributed by atoms with Crippen LogP contribution in [0.2, 0.25) is 10.0 Å². The Morgan fingerprint density at radius 1 is 1.00 bits per heavy atom. The standard InChI is InChI=1S/C27H26BrCl2N3O4/c1-16(2)25(32-26(34)19-7-10-21(29)22(30)13-19)27(35)33-31-14-18-6-11-23(24(12-18)36-3)37-15-17-4-8-20(28)9-5-17/h4-14,16,25H,15H2,1-3H3,(H,32,34)(H,33,35). The maximum atomic E-state index is 12.7. The summed E-state index contributed by atoms with van der Waals surface area (Å²) in [6.45, 7) is 4.03. The number of ether oxygens (including phenoxy) is 2. The molecular formula is C27H26BrCl2N3O4. The third kappa shape index (κ3) is 8.21. The number of carbonyl (C=O) groups is 2. The van der Waals surface area contributed by atoms with E-state index in [1.807, 2.05) is 38.1 Å². The summed E-state index contributed by atoms with van der Waals surface area (Å²) in [6.07, 6.45) is 1.48. The predicted molar refractivity (Wildman–Crippen MR) is 150 cm³/mol. The van der Waals surface area contributed by atoms with E-state index in [0.29, 0.717) is 34.3 Å². The highest BCUT2D eigenvalue weighted by atomic mass is 79.9. The van der Waals surface area contributed by atoms with Crippen molar-refractivity contribution in [3.8, 4) is 11.5 Å². The van der Waals surface area contributed by atoms with Gasteiger partial charge in [0.1, 0.15) is 12.6 Å². The smallest absolute Gasteiger partial charge is 0.262 e. The maximum Gasteiger partial charge on any atom is 0.262 e. The molecule has 2 amide bonds. The minimum atomic E-state index is -0.817. The van der Waals surface area contributed by atoms with Crippen LogP contribution in [-0.4, -0.2) is 31.2 Å². The molecule has 0 radical (unpaired) electrons. The lowest BCUT2D eigenvalue weighted by molar-refractivity contribution is -0.123. The van der Waals surface area contributed by atoms with Gasteiger partial charge >= 0.3 is 0 Å². The fourth-order valence-electron chi connectivity index (χ4n) is 3.26. The molecule has 3 aromatic rings. The Bertz CT molecular complexity index is 1280. The van der Waals surface area contributed by atoms with Gasteiger partial charge in [-0.2, -0.15) is 5.10 Å². The van der Waals surface area contributed by atoms with Crippen molar-refractivity contribution in [2.75, 3.05) is 7.11 Å². The summed E-state index contributed by atoms with van der Waals surface area (Å²) in [7, 11) is 1.55. The van der Waals surface area contributed by atoms with E-state index in [1.54, 1.807) is 25.3 Å². The molecular weight excluding hydrogens is 581 g/mol. The number of rotatable bonds is 10. The van der Waals surface area contributed by atoms with Gasteiger partial charge in [0.25, 0.3) is 11.8 Å². The van der Waals surface area contributed by atoms with E-state index in [2.05, 4.69) is 31.8 Å². The van der Waals surface area contributed by atoms with Crippen LogP contribution in [-0.2, 0) is 11.4 Å². The molecule has 1 atom stereocenters. The van der Waals surface area contributed by atoms with Crippen LogP contribution in [0.1, 0.15) is 35.3 Å². The molecule has 0 bridgehead atoms. The van der Waals surface area contributed by atoms with Crippen molar-refractivity contribution in [3.63, 3.8) is 0 Å². The molecule has 7 nitrogen and oxygen atoms in total. The fourth-order valence-corrected chi connectivity index (χ4v) is 3.82. The second-order valence-corrected chi connectivity index (χ2v) is 10.1. The first kappa shape index (κ1) is 28.5. The van der Waals surface area contributed by atoms with Gasteiger partial charge in [-0.3, -0.25) is 9.59 Å². The lowest BCUT2D eigenvalue weighted by atomic mass is 10.0. The van der Waals surface area contributed by atoms with Gasteiger partial charge < -0.3 is 14.8 Å². The number of amides is 2. The highest BCUT2D eigenvalue weighted by molar-refractivity contribution is 9.10. The van der Waals surface area contributed by atoms with E-state index in [4.69, 9.17) is 32.7 Å². The molecule has 0 saturated carbocycles. The molecule has 2 N–H and O–H groups in total. The normalized spacial score (nSPS) is 11.9. The van der Waals surface area contributed by atoms with Gasteiger partial charge in [0, 0.05) is 10.0 Å². The van der Waals surface area contributed by atoms with Crippen molar-refractivity contribution < 1.29 is 19.1 Å². The maximum absolute atomic E-state index is 12.7. The lowest BCUT2D eigenvalue weighted by Gasteiger charge is -2.20. The first-order valence-electron chi connectivity index (χ1n) is 11.3. The Labute approximate surface area is 234 Å². The number of carbonyl (C=O) groups excluding carboxylic acids is 2. The van der Waals surface area contributed by atoms with Gasteiger partial charge in [-0.25, -0.2) is 5.43 Å².